The van der Waals surface area contributed by atoms with Gasteiger partial charge in [0, 0.05) is 21.5 Å². The summed E-state index contributed by atoms with van der Waals surface area (Å²) in [7, 11) is 0. The van der Waals surface area contributed by atoms with E-state index >= 15 is 0 Å². The van der Waals surface area contributed by atoms with Gasteiger partial charge in [-0.3, -0.25) is 4.57 Å². The van der Waals surface area contributed by atoms with Crippen LogP contribution in [0.15, 0.2) is 84.9 Å². The Morgan fingerprint density at radius 1 is 0.571 bits per heavy atom. The maximum atomic E-state index is 4.64. The number of nitrogens with zero attached hydrogens (tertiary/aromatic N) is 3. The number of hydrogen-bond donors (Lipinski definition) is 0. The first kappa shape index (κ1) is 15.3. The zero-order valence-corrected chi connectivity index (χ0v) is 15.4. The molecule has 0 atom stereocenters. The molecule has 2 aromatic heterocycles. The molecule has 28 heavy (non-hydrogen) atoms. The topological polar surface area (TPSA) is 30.7 Å². The minimum Gasteiger partial charge on any atom is -0.292 e. The Morgan fingerprint density at radius 3 is 2.11 bits per heavy atom. The van der Waals surface area contributed by atoms with E-state index in [1.165, 1.54) is 21.5 Å². The van der Waals surface area contributed by atoms with Gasteiger partial charge in [-0.15, -0.1) is 5.10 Å². The number of rotatable bonds is 1. The highest BCUT2D eigenvalue weighted by atomic mass is 15.2. The predicted molar refractivity (Wildman–Crippen MR) is 116 cm³/mol. The lowest BCUT2D eigenvalue weighted by Gasteiger charge is -2.11. The highest BCUT2D eigenvalue weighted by Gasteiger charge is 2.17. The van der Waals surface area contributed by atoms with Crippen molar-refractivity contribution in [1.29, 1.82) is 0 Å². The molecule has 0 N–H and O–H groups in total. The van der Waals surface area contributed by atoms with Crippen molar-refractivity contribution in [2.75, 3.05) is 0 Å². The second-order valence-corrected chi connectivity index (χ2v) is 7.19. The molecule has 132 valence electrons. The molecular formula is C25H17N3. The fourth-order valence-electron chi connectivity index (χ4n) is 4.36. The van der Waals surface area contributed by atoms with Crippen LogP contribution >= 0.6 is 0 Å². The van der Waals surface area contributed by atoms with Gasteiger partial charge in [0.25, 0.3) is 0 Å². The number of aryl methyl sites for hydroxylation is 1. The Balaban J connectivity index is 1.87. The van der Waals surface area contributed by atoms with Crippen molar-refractivity contribution in [3.63, 3.8) is 0 Å². The average molecular weight is 359 g/mol. The Labute approximate surface area is 161 Å². The first-order valence-corrected chi connectivity index (χ1v) is 9.46. The zero-order chi connectivity index (χ0) is 18.7. The molecule has 4 aromatic carbocycles. The predicted octanol–water partition coefficient (Wildman–Crippen LogP) is 6.19. The van der Waals surface area contributed by atoms with Crippen molar-refractivity contribution in [2.45, 2.75) is 6.92 Å². The van der Waals surface area contributed by atoms with E-state index in [4.69, 9.17) is 0 Å². The Morgan fingerprint density at radius 2 is 1.25 bits per heavy atom. The maximum Gasteiger partial charge on any atom is 0.168 e. The lowest BCUT2D eigenvalue weighted by molar-refractivity contribution is 0.944. The number of fused-ring (bicyclic) bond motifs is 6. The van der Waals surface area contributed by atoms with Gasteiger partial charge < -0.3 is 0 Å². The molecule has 0 bridgehead atoms. The van der Waals surface area contributed by atoms with Crippen LogP contribution in [0, 0.1) is 6.92 Å². The van der Waals surface area contributed by atoms with Crippen molar-refractivity contribution in [3.05, 3.63) is 90.6 Å². The van der Waals surface area contributed by atoms with Crippen LogP contribution in [0.3, 0.4) is 0 Å². The standard InChI is InChI=1S/C25H17N3/c1-16-18-9-4-5-11-20(18)25(27-26-16)28-22-13-7-6-12-21(22)24-19-10-3-2-8-17(19)14-15-23(24)28/h2-15H,1H3. The van der Waals surface area contributed by atoms with E-state index in [-0.39, 0.29) is 0 Å². The van der Waals surface area contributed by atoms with Gasteiger partial charge in [-0.2, -0.15) is 5.10 Å². The first-order chi connectivity index (χ1) is 13.8. The molecule has 0 amide bonds. The van der Waals surface area contributed by atoms with E-state index in [0.717, 1.165) is 33.3 Å². The number of aromatic nitrogens is 3. The quantitative estimate of drug-likeness (QED) is 0.350. The van der Waals surface area contributed by atoms with Gasteiger partial charge in [-0.25, -0.2) is 0 Å². The number of benzene rings is 4. The lowest BCUT2D eigenvalue weighted by atomic mass is 10.0. The Bertz CT molecular complexity index is 1530. The van der Waals surface area contributed by atoms with Crippen molar-refractivity contribution in [2.24, 2.45) is 0 Å². The van der Waals surface area contributed by atoms with Crippen LogP contribution in [0.5, 0.6) is 0 Å². The third-order valence-corrected chi connectivity index (χ3v) is 5.63. The van der Waals surface area contributed by atoms with Crippen molar-refractivity contribution >= 4 is 43.4 Å². The van der Waals surface area contributed by atoms with Crippen molar-refractivity contribution < 1.29 is 0 Å². The van der Waals surface area contributed by atoms with Crippen LogP contribution in [0.25, 0.3) is 49.2 Å². The summed E-state index contributed by atoms with van der Waals surface area (Å²) >= 11 is 0. The zero-order valence-electron chi connectivity index (χ0n) is 15.4. The van der Waals surface area contributed by atoms with Crippen LogP contribution in [-0.2, 0) is 0 Å². The van der Waals surface area contributed by atoms with Crippen LogP contribution < -0.4 is 0 Å². The summed E-state index contributed by atoms with van der Waals surface area (Å²) in [6, 6.07) is 29.9. The normalized spacial score (nSPS) is 11.8. The molecule has 2 heterocycles. The second kappa shape index (κ2) is 5.64. The monoisotopic (exact) mass is 359 g/mol. The van der Waals surface area contributed by atoms with Crippen LogP contribution in [0.4, 0.5) is 0 Å². The molecule has 0 unspecified atom stereocenters. The highest BCUT2D eigenvalue weighted by molar-refractivity contribution is 6.21. The molecule has 3 heteroatoms. The molecular weight excluding hydrogens is 342 g/mol. The van der Waals surface area contributed by atoms with E-state index in [1.807, 2.05) is 6.92 Å². The minimum atomic E-state index is 0.877. The first-order valence-electron chi connectivity index (χ1n) is 9.46. The summed E-state index contributed by atoms with van der Waals surface area (Å²) in [5.74, 6) is 0.877. The largest absolute Gasteiger partial charge is 0.292 e. The molecule has 0 aliphatic rings. The summed E-state index contributed by atoms with van der Waals surface area (Å²) in [5.41, 5.74) is 3.26. The third-order valence-electron chi connectivity index (χ3n) is 5.63. The van der Waals surface area contributed by atoms with Gasteiger partial charge >= 0.3 is 0 Å². The van der Waals surface area contributed by atoms with Gasteiger partial charge in [-0.1, -0.05) is 72.8 Å². The molecule has 0 saturated heterocycles. The number of para-hydroxylation sites is 1. The Kier molecular flexibility index (Phi) is 3.09. The second-order valence-electron chi connectivity index (χ2n) is 7.19. The van der Waals surface area contributed by atoms with Crippen molar-refractivity contribution in [3.8, 4) is 5.82 Å². The fourth-order valence-corrected chi connectivity index (χ4v) is 4.36. The van der Waals surface area contributed by atoms with Gasteiger partial charge in [0.2, 0.25) is 0 Å². The minimum absolute atomic E-state index is 0.877. The molecule has 0 saturated carbocycles. The smallest absolute Gasteiger partial charge is 0.168 e. The summed E-state index contributed by atoms with van der Waals surface area (Å²) in [5, 5.41) is 16.4. The molecule has 6 rings (SSSR count). The molecule has 6 aromatic rings. The van der Waals surface area contributed by atoms with Crippen LogP contribution in [0.1, 0.15) is 5.69 Å². The third kappa shape index (κ3) is 1.99. The molecule has 0 aliphatic heterocycles. The van der Waals surface area contributed by atoms with E-state index < -0.39 is 0 Å². The highest BCUT2D eigenvalue weighted by Crippen LogP contribution is 2.37. The lowest BCUT2D eigenvalue weighted by Crippen LogP contribution is -2.02. The molecule has 0 radical (unpaired) electrons. The van der Waals surface area contributed by atoms with E-state index in [2.05, 4.69) is 99.7 Å². The Hall–Kier alpha value is -3.72. The van der Waals surface area contributed by atoms with Gasteiger partial charge in [0.15, 0.2) is 5.82 Å². The van der Waals surface area contributed by atoms with Gasteiger partial charge in [0.05, 0.1) is 16.7 Å². The summed E-state index contributed by atoms with van der Waals surface area (Å²) < 4.78 is 2.26. The van der Waals surface area contributed by atoms with E-state index in [0.29, 0.717) is 0 Å². The van der Waals surface area contributed by atoms with Gasteiger partial charge in [-0.05, 0) is 29.8 Å². The van der Waals surface area contributed by atoms with E-state index in [1.54, 1.807) is 0 Å². The summed E-state index contributed by atoms with van der Waals surface area (Å²) in [4.78, 5) is 0. The summed E-state index contributed by atoms with van der Waals surface area (Å²) in [6.07, 6.45) is 0. The van der Waals surface area contributed by atoms with Gasteiger partial charge in [0.1, 0.15) is 0 Å². The average Bonchev–Trinajstić information content (AvgIpc) is 3.09. The molecule has 0 spiro atoms. The number of hydrogen-bond acceptors (Lipinski definition) is 2. The van der Waals surface area contributed by atoms with Crippen LogP contribution in [0.2, 0.25) is 0 Å². The molecule has 0 aliphatic carbocycles. The fraction of sp³-hybridized carbons (Fsp3) is 0.0400. The molecule has 3 nitrogen and oxygen atoms in total. The summed E-state index contributed by atoms with van der Waals surface area (Å²) in [6.45, 7) is 2.01. The maximum absolute atomic E-state index is 4.64. The molecule has 0 fully saturated rings. The van der Waals surface area contributed by atoms with E-state index in [9.17, 15) is 0 Å². The van der Waals surface area contributed by atoms with Crippen LogP contribution in [-0.4, -0.2) is 14.8 Å². The van der Waals surface area contributed by atoms with Crippen molar-refractivity contribution in [1.82, 2.24) is 14.8 Å². The SMILES string of the molecule is Cc1nnc(-n2c3ccccc3c3c4ccccc4ccc32)c2ccccc12.